The Labute approximate surface area is 260 Å². The minimum atomic E-state index is -4.39. The van der Waals surface area contributed by atoms with Crippen molar-refractivity contribution in [3.63, 3.8) is 0 Å². The second kappa shape index (κ2) is 10.0. The molecule has 36 heavy (non-hydrogen) atoms. The van der Waals surface area contributed by atoms with Gasteiger partial charge in [0.15, 0.2) is 0 Å². The van der Waals surface area contributed by atoms with E-state index in [1.165, 1.54) is 12.1 Å². The van der Waals surface area contributed by atoms with E-state index < -0.39 is 58.0 Å². The van der Waals surface area contributed by atoms with E-state index in [4.69, 9.17) is 18.8 Å². The van der Waals surface area contributed by atoms with Crippen LogP contribution in [-0.4, -0.2) is 43.1 Å². The quantitative estimate of drug-likeness (QED) is 0.117. The second-order valence-electron chi connectivity index (χ2n) is 8.60. The first-order valence-corrected chi connectivity index (χ1v) is 16.2. The molecule has 6 unspecified atom stereocenters. The number of carbonyl (C=O) groups excluding carboxylic acids is 3. The number of hydrogen-bond acceptors (Lipinski definition) is 8. The molecule has 1 aliphatic heterocycles. The van der Waals surface area contributed by atoms with E-state index in [9.17, 15) is 22.8 Å². The summed E-state index contributed by atoms with van der Waals surface area (Å²) in [6.07, 6.45) is -0.903. The number of ether oxygens (including phenoxy) is 3. The Morgan fingerprint density at radius 2 is 1.67 bits per heavy atom. The third-order valence-electron chi connectivity index (χ3n) is 6.72. The predicted molar refractivity (Wildman–Crippen MR) is 157 cm³/mol. The lowest BCUT2D eigenvalue weighted by Gasteiger charge is -2.30. The molecule has 2 aromatic rings. The molecule has 0 radical (unpaired) electrons. The largest absolute Gasteiger partial charge is 0.458 e. The summed E-state index contributed by atoms with van der Waals surface area (Å²) in [4.78, 5) is 38.7. The highest BCUT2D eigenvalue weighted by Crippen LogP contribution is 2.59. The van der Waals surface area contributed by atoms with E-state index in [-0.39, 0.29) is 16.6 Å². The van der Waals surface area contributed by atoms with Crippen LogP contribution >= 0.6 is 90.4 Å². The van der Waals surface area contributed by atoms with Gasteiger partial charge in [0.05, 0.1) is 22.3 Å². The molecular weight excluding hydrogens is 948 g/mol. The number of fused-ring (bicyclic) bond motifs is 1. The highest BCUT2D eigenvalue weighted by molar-refractivity contribution is 14.1. The molecule has 6 atom stereocenters. The molecule has 5 rings (SSSR count). The van der Waals surface area contributed by atoms with Crippen LogP contribution in [0.5, 0.6) is 5.75 Å². The van der Waals surface area contributed by atoms with Crippen molar-refractivity contribution in [2.24, 2.45) is 23.7 Å². The summed E-state index contributed by atoms with van der Waals surface area (Å²) < 4.78 is 52.0. The minimum absolute atomic E-state index is 0.0594. The first-order valence-electron chi connectivity index (χ1n) is 10.4. The van der Waals surface area contributed by atoms with Crippen LogP contribution in [0, 0.1) is 38.0 Å². The SMILES string of the molecule is O=C(OC1C2CC3C1OC(=O)C3C2C(=O)Oc1ccc(S(=O)(=O)O)cc1)c1c(I)cc(I)c(I)c1I. The molecule has 3 aliphatic rings. The molecule has 2 aromatic carbocycles. The maximum absolute atomic E-state index is 13.3. The van der Waals surface area contributed by atoms with Gasteiger partial charge in [0.25, 0.3) is 10.1 Å². The van der Waals surface area contributed by atoms with Gasteiger partial charge in [-0.15, -0.1) is 0 Å². The summed E-state index contributed by atoms with van der Waals surface area (Å²) in [5, 5.41) is 0. The zero-order chi connectivity index (χ0) is 26.1. The summed E-state index contributed by atoms with van der Waals surface area (Å²) in [7, 11) is -4.39. The number of halogens is 4. The lowest BCUT2D eigenvalue weighted by molar-refractivity contribution is -0.149. The Kier molecular flexibility index (Phi) is 7.58. The second-order valence-corrected chi connectivity index (χ2v) is 14.5. The lowest BCUT2D eigenvalue weighted by Crippen LogP contribution is -2.44. The average Bonchev–Trinajstić information content (AvgIpc) is 3.41. The normalized spacial score (nSPS) is 28.2. The highest BCUT2D eigenvalue weighted by Gasteiger charge is 2.70. The smallest absolute Gasteiger partial charge is 0.340 e. The maximum atomic E-state index is 13.3. The summed E-state index contributed by atoms with van der Waals surface area (Å²) in [5.74, 6) is -3.93. The van der Waals surface area contributed by atoms with E-state index in [0.29, 0.717) is 12.0 Å². The predicted octanol–water partition coefficient (Wildman–Crippen LogP) is 4.29. The first kappa shape index (κ1) is 27.3. The summed E-state index contributed by atoms with van der Waals surface area (Å²) in [6, 6.07) is 6.58. The van der Waals surface area contributed by atoms with Crippen LogP contribution < -0.4 is 4.74 Å². The van der Waals surface area contributed by atoms with Crippen LogP contribution in [0.4, 0.5) is 0 Å². The number of esters is 3. The standard InChI is InChI=1S/C22H14I4O9S/c23-11-6-12(24)16(25)17(26)15(11)22(29)35-19-9-5-10-14(21(28)34-18(10)19)13(9)20(27)33-7-1-3-8(4-2-7)36(30,31)32/h1-4,6,9-10,13-14,18-19H,5H2,(H,30,31,32). The van der Waals surface area contributed by atoms with Gasteiger partial charge in [-0.1, -0.05) is 0 Å². The number of rotatable bonds is 5. The molecule has 1 saturated heterocycles. The number of carbonyl (C=O) groups is 3. The average molecular weight is 962 g/mol. The van der Waals surface area contributed by atoms with E-state index in [0.717, 1.165) is 26.4 Å². The molecule has 0 amide bonds. The Morgan fingerprint density at radius 3 is 2.31 bits per heavy atom. The Morgan fingerprint density at radius 1 is 1.00 bits per heavy atom. The van der Waals surface area contributed by atoms with Crippen molar-refractivity contribution in [1.82, 2.24) is 0 Å². The zero-order valence-corrected chi connectivity index (χ0v) is 27.1. The summed E-state index contributed by atoms with van der Waals surface area (Å²) in [5.41, 5.74) is 0.433. The zero-order valence-electron chi connectivity index (χ0n) is 17.7. The van der Waals surface area contributed by atoms with Gasteiger partial charge in [-0.25, -0.2) is 4.79 Å². The molecule has 9 nitrogen and oxygen atoms in total. The molecular formula is C22H14I4O9S. The van der Waals surface area contributed by atoms with E-state index in [2.05, 4.69) is 90.4 Å². The van der Waals surface area contributed by atoms with Crippen molar-refractivity contribution < 1.29 is 41.6 Å². The van der Waals surface area contributed by atoms with Gasteiger partial charge in [0.2, 0.25) is 0 Å². The molecule has 1 N–H and O–H groups in total. The first-order chi connectivity index (χ1) is 16.9. The Balaban J connectivity index is 1.38. The minimum Gasteiger partial charge on any atom is -0.458 e. The molecule has 0 spiro atoms. The molecule has 1 heterocycles. The third kappa shape index (κ3) is 4.68. The fraction of sp³-hybridized carbons (Fsp3) is 0.318. The molecule has 2 saturated carbocycles. The Hall–Kier alpha value is -0.320. The van der Waals surface area contributed by atoms with Crippen molar-refractivity contribution in [2.45, 2.75) is 23.5 Å². The molecule has 3 fully saturated rings. The lowest BCUT2D eigenvalue weighted by atomic mass is 9.78. The van der Waals surface area contributed by atoms with Crippen LogP contribution in [0.1, 0.15) is 16.8 Å². The maximum Gasteiger partial charge on any atom is 0.340 e. The monoisotopic (exact) mass is 962 g/mol. The van der Waals surface area contributed by atoms with Gasteiger partial charge in [-0.2, -0.15) is 8.42 Å². The van der Waals surface area contributed by atoms with Gasteiger partial charge in [-0.05, 0) is 127 Å². The summed E-state index contributed by atoms with van der Waals surface area (Å²) >= 11 is 8.57. The van der Waals surface area contributed by atoms with Crippen molar-refractivity contribution >= 4 is 118 Å². The van der Waals surface area contributed by atoms with Gasteiger partial charge in [0, 0.05) is 26.1 Å². The Bertz CT molecular complexity index is 1410. The van der Waals surface area contributed by atoms with Gasteiger partial charge in [-0.3, -0.25) is 14.1 Å². The molecule has 0 aromatic heterocycles. The fourth-order valence-electron chi connectivity index (χ4n) is 5.27. The molecule has 14 heteroatoms. The van der Waals surface area contributed by atoms with Crippen LogP contribution in [0.2, 0.25) is 0 Å². The van der Waals surface area contributed by atoms with E-state index in [1.807, 2.05) is 6.07 Å². The highest BCUT2D eigenvalue weighted by atomic mass is 127. The van der Waals surface area contributed by atoms with Gasteiger partial charge < -0.3 is 14.2 Å². The number of benzene rings is 2. The fourth-order valence-corrected chi connectivity index (χ4v) is 9.99. The van der Waals surface area contributed by atoms with Crippen LogP contribution in [-0.2, 0) is 29.2 Å². The van der Waals surface area contributed by atoms with Crippen LogP contribution in [0.3, 0.4) is 0 Å². The van der Waals surface area contributed by atoms with Crippen LogP contribution in [0.25, 0.3) is 0 Å². The van der Waals surface area contributed by atoms with Crippen molar-refractivity contribution in [2.75, 3.05) is 0 Å². The van der Waals surface area contributed by atoms with Gasteiger partial charge >= 0.3 is 17.9 Å². The third-order valence-corrected chi connectivity index (χ3v) is 13.6. The molecule has 190 valence electrons. The van der Waals surface area contributed by atoms with Crippen molar-refractivity contribution in [3.8, 4) is 5.75 Å². The number of hydrogen-bond donors (Lipinski definition) is 1. The van der Waals surface area contributed by atoms with Crippen molar-refractivity contribution in [3.05, 3.63) is 50.2 Å². The van der Waals surface area contributed by atoms with E-state index >= 15 is 0 Å². The molecule has 2 aliphatic carbocycles. The topological polar surface area (TPSA) is 133 Å². The van der Waals surface area contributed by atoms with E-state index in [1.54, 1.807) is 0 Å². The van der Waals surface area contributed by atoms with Crippen molar-refractivity contribution in [1.29, 1.82) is 0 Å². The summed E-state index contributed by atoms with van der Waals surface area (Å²) in [6.45, 7) is 0. The molecule has 2 bridgehead atoms. The van der Waals surface area contributed by atoms with Crippen LogP contribution in [0.15, 0.2) is 35.2 Å². The van der Waals surface area contributed by atoms with Gasteiger partial charge in [0.1, 0.15) is 18.0 Å².